The van der Waals surface area contributed by atoms with Gasteiger partial charge in [-0.15, -0.1) is 0 Å². The Balaban J connectivity index is 4.50. The lowest BCUT2D eigenvalue weighted by Gasteiger charge is -2.24. The second kappa shape index (κ2) is 8.96. The number of esters is 1. The van der Waals surface area contributed by atoms with Gasteiger partial charge in [0, 0.05) is 25.0 Å². The van der Waals surface area contributed by atoms with E-state index in [2.05, 4.69) is 10.0 Å². The molecule has 16 heavy (non-hydrogen) atoms. The Hall–Kier alpha value is -1.30. The minimum atomic E-state index is -0.715. The fraction of sp³-hybridized carbons (Fsp3) is 0.889. The van der Waals surface area contributed by atoms with Crippen LogP contribution in [0.3, 0.4) is 0 Å². The molecule has 0 bridgehead atoms. The van der Waals surface area contributed by atoms with Gasteiger partial charge in [0.25, 0.3) is 0 Å². The summed E-state index contributed by atoms with van der Waals surface area (Å²) < 4.78 is 15.5. The highest BCUT2D eigenvalue weighted by Gasteiger charge is 2.24. The zero-order valence-electron chi connectivity index (χ0n) is 9.75. The molecule has 0 rings (SSSR count). The van der Waals surface area contributed by atoms with Crippen molar-refractivity contribution in [1.82, 2.24) is 0 Å². The van der Waals surface area contributed by atoms with Gasteiger partial charge in [0.1, 0.15) is 0 Å². The quantitative estimate of drug-likeness (QED) is 0.208. The molecule has 0 radical (unpaired) electrons. The Morgan fingerprint density at radius 3 is 2.31 bits per heavy atom. The van der Waals surface area contributed by atoms with Crippen LogP contribution in [0.5, 0.6) is 0 Å². The third kappa shape index (κ3) is 6.23. The van der Waals surface area contributed by atoms with Gasteiger partial charge in [-0.25, -0.2) is 0 Å². The topological polar surface area (TPSA) is 93.5 Å². The van der Waals surface area contributed by atoms with E-state index in [9.17, 15) is 4.79 Å². The second-order valence-corrected chi connectivity index (χ2v) is 2.84. The zero-order valence-corrected chi connectivity index (χ0v) is 9.75. The third-order valence-electron chi connectivity index (χ3n) is 1.61. The second-order valence-electron chi connectivity index (χ2n) is 2.84. The Bertz CT molecular complexity index is 243. The molecule has 0 aromatic heterocycles. The van der Waals surface area contributed by atoms with Crippen LogP contribution >= 0.6 is 0 Å². The van der Waals surface area contributed by atoms with Gasteiger partial charge in [0.15, 0.2) is 12.4 Å². The Morgan fingerprint density at radius 2 is 1.94 bits per heavy atom. The number of azide groups is 1. The van der Waals surface area contributed by atoms with Crippen molar-refractivity contribution < 1.29 is 19.0 Å². The van der Waals surface area contributed by atoms with Crippen LogP contribution in [0.25, 0.3) is 10.4 Å². The zero-order chi connectivity index (χ0) is 12.4. The highest BCUT2D eigenvalue weighted by atomic mass is 16.7. The van der Waals surface area contributed by atoms with Crippen molar-refractivity contribution in [1.29, 1.82) is 0 Å². The van der Waals surface area contributed by atoms with Crippen LogP contribution in [0.15, 0.2) is 5.11 Å². The average molecular weight is 231 g/mol. The van der Waals surface area contributed by atoms with Gasteiger partial charge in [-0.1, -0.05) is 5.11 Å². The molecule has 0 aliphatic carbocycles. The average Bonchev–Trinajstić information content (AvgIpc) is 2.23. The van der Waals surface area contributed by atoms with E-state index >= 15 is 0 Å². The van der Waals surface area contributed by atoms with Crippen LogP contribution in [-0.4, -0.2) is 38.1 Å². The molecule has 0 fully saturated rings. The molecule has 1 atom stereocenters. The van der Waals surface area contributed by atoms with E-state index in [0.717, 1.165) is 0 Å². The lowest BCUT2D eigenvalue weighted by atomic mass is 10.3. The molecule has 0 aromatic rings. The summed E-state index contributed by atoms with van der Waals surface area (Å²) >= 11 is 0. The molecular weight excluding hydrogens is 214 g/mol. The van der Waals surface area contributed by atoms with Gasteiger partial charge >= 0.3 is 5.97 Å². The van der Waals surface area contributed by atoms with Crippen molar-refractivity contribution in [3.63, 3.8) is 0 Å². The summed E-state index contributed by atoms with van der Waals surface area (Å²) in [5.74, 6) is -0.470. The van der Waals surface area contributed by atoms with Crippen LogP contribution in [-0.2, 0) is 19.0 Å². The van der Waals surface area contributed by atoms with Crippen molar-refractivity contribution in [3.05, 3.63) is 10.4 Å². The molecule has 0 spiro atoms. The van der Waals surface area contributed by atoms with Gasteiger partial charge in [0.2, 0.25) is 0 Å². The van der Waals surface area contributed by atoms with Crippen LogP contribution in [0.2, 0.25) is 0 Å². The Kier molecular flexibility index (Phi) is 8.24. The maximum absolute atomic E-state index is 10.9. The highest BCUT2D eigenvalue weighted by Crippen LogP contribution is 2.08. The molecule has 0 saturated heterocycles. The van der Waals surface area contributed by atoms with E-state index in [0.29, 0.717) is 13.2 Å². The number of hydrogen-bond acceptors (Lipinski definition) is 5. The predicted molar refractivity (Wildman–Crippen MR) is 56.6 cm³/mol. The minimum Gasteiger partial charge on any atom is -0.457 e. The standard InChI is InChI=1S/C9H17N3O4/c1-4-14-9(15-5-2)8(6-11-12-10)16-7(3)13/h8-9H,4-6H2,1-3H3. The molecule has 7 nitrogen and oxygen atoms in total. The summed E-state index contributed by atoms with van der Waals surface area (Å²) in [5, 5.41) is 3.35. The third-order valence-corrected chi connectivity index (χ3v) is 1.61. The summed E-state index contributed by atoms with van der Waals surface area (Å²) in [6.45, 7) is 5.69. The summed E-state index contributed by atoms with van der Waals surface area (Å²) in [5.41, 5.74) is 8.23. The minimum absolute atomic E-state index is 0.0131. The lowest BCUT2D eigenvalue weighted by Crippen LogP contribution is -2.37. The Labute approximate surface area is 94.3 Å². The molecule has 0 N–H and O–H groups in total. The molecular formula is C9H17N3O4. The van der Waals surface area contributed by atoms with E-state index in [1.807, 2.05) is 0 Å². The number of rotatable bonds is 8. The molecule has 1 unspecified atom stereocenters. The molecule has 0 aliphatic rings. The lowest BCUT2D eigenvalue weighted by molar-refractivity contribution is -0.203. The SMILES string of the molecule is CCOC(OCC)C(CN=[N+]=[N-])OC(C)=O. The van der Waals surface area contributed by atoms with E-state index in [4.69, 9.17) is 19.7 Å². The first kappa shape index (κ1) is 14.7. The van der Waals surface area contributed by atoms with Crippen LogP contribution in [0, 0.1) is 0 Å². The van der Waals surface area contributed by atoms with Gasteiger partial charge in [-0.2, -0.15) is 0 Å². The molecule has 0 aliphatic heterocycles. The van der Waals surface area contributed by atoms with Gasteiger partial charge in [0.05, 0.1) is 6.54 Å². The van der Waals surface area contributed by atoms with Gasteiger partial charge in [-0.05, 0) is 19.4 Å². The van der Waals surface area contributed by atoms with Crippen molar-refractivity contribution in [2.75, 3.05) is 19.8 Å². The fourth-order valence-corrected chi connectivity index (χ4v) is 1.10. The monoisotopic (exact) mass is 231 g/mol. The first-order chi connectivity index (χ1) is 7.65. The molecule has 0 saturated carbocycles. The number of carbonyl (C=O) groups excluding carboxylic acids is 1. The Morgan fingerprint density at radius 1 is 1.38 bits per heavy atom. The molecule has 0 aromatic carbocycles. The van der Waals surface area contributed by atoms with E-state index in [-0.39, 0.29) is 6.54 Å². The van der Waals surface area contributed by atoms with Gasteiger partial charge in [-0.3, -0.25) is 4.79 Å². The number of nitrogens with zero attached hydrogens (tertiary/aromatic N) is 3. The summed E-state index contributed by atoms with van der Waals surface area (Å²) in [4.78, 5) is 13.5. The van der Waals surface area contributed by atoms with Crippen molar-refractivity contribution in [2.24, 2.45) is 5.11 Å². The van der Waals surface area contributed by atoms with Crippen molar-refractivity contribution in [3.8, 4) is 0 Å². The number of carbonyl (C=O) groups is 1. The normalized spacial score (nSPS) is 12.0. The van der Waals surface area contributed by atoms with Gasteiger partial charge < -0.3 is 14.2 Å². The molecule has 0 amide bonds. The maximum Gasteiger partial charge on any atom is 0.303 e. The number of hydrogen-bond donors (Lipinski definition) is 0. The summed E-state index contributed by atoms with van der Waals surface area (Å²) in [6, 6.07) is 0. The maximum atomic E-state index is 10.9. The highest BCUT2D eigenvalue weighted by molar-refractivity contribution is 5.66. The van der Waals surface area contributed by atoms with E-state index in [1.165, 1.54) is 6.92 Å². The van der Waals surface area contributed by atoms with Crippen LogP contribution < -0.4 is 0 Å². The molecule has 7 heteroatoms. The smallest absolute Gasteiger partial charge is 0.303 e. The first-order valence-electron chi connectivity index (χ1n) is 5.06. The largest absolute Gasteiger partial charge is 0.457 e. The predicted octanol–water partition coefficient (Wildman–Crippen LogP) is 1.63. The van der Waals surface area contributed by atoms with Crippen LogP contribution in [0.1, 0.15) is 20.8 Å². The van der Waals surface area contributed by atoms with Crippen molar-refractivity contribution in [2.45, 2.75) is 33.2 Å². The summed E-state index contributed by atoms with van der Waals surface area (Å²) in [7, 11) is 0. The van der Waals surface area contributed by atoms with Crippen molar-refractivity contribution >= 4 is 5.97 Å². The molecule has 92 valence electrons. The summed E-state index contributed by atoms with van der Waals surface area (Å²) in [6.07, 6.45) is -1.42. The number of ether oxygens (including phenoxy) is 3. The van der Waals surface area contributed by atoms with E-state index < -0.39 is 18.4 Å². The fourth-order valence-electron chi connectivity index (χ4n) is 1.10. The first-order valence-corrected chi connectivity index (χ1v) is 5.06. The van der Waals surface area contributed by atoms with E-state index in [1.54, 1.807) is 13.8 Å². The molecule has 0 heterocycles. The van der Waals surface area contributed by atoms with Crippen LogP contribution in [0.4, 0.5) is 0 Å².